The normalized spacial score (nSPS) is 11.0. The summed E-state index contributed by atoms with van der Waals surface area (Å²) in [6.07, 6.45) is 2.95. The zero-order valence-electron chi connectivity index (χ0n) is 12.5. The first-order chi connectivity index (χ1) is 9.08. The third-order valence-electron chi connectivity index (χ3n) is 2.89. The van der Waals surface area contributed by atoms with Crippen molar-refractivity contribution >= 4 is 5.91 Å². The van der Waals surface area contributed by atoms with Crippen molar-refractivity contribution in [2.75, 3.05) is 13.1 Å². The molecule has 0 saturated carbocycles. The highest BCUT2D eigenvalue weighted by Crippen LogP contribution is 2.11. The molecule has 0 bridgehead atoms. The van der Waals surface area contributed by atoms with E-state index in [2.05, 4.69) is 24.0 Å². The van der Waals surface area contributed by atoms with Gasteiger partial charge in [-0.2, -0.15) is 4.98 Å². The van der Waals surface area contributed by atoms with Gasteiger partial charge < -0.3 is 9.42 Å². The van der Waals surface area contributed by atoms with Crippen LogP contribution in [-0.2, 0) is 11.2 Å². The highest BCUT2D eigenvalue weighted by molar-refractivity contribution is 5.76. The molecule has 0 spiro atoms. The van der Waals surface area contributed by atoms with Crippen molar-refractivity contribution in [3.05, 3.63) is 11.7 Å². The number of carbonyl (C=O) groups is 1. The van der Waals surface area contributed by atoms with Gasteiger partial charge in [-0.1, -0.05) is 32.9 Å². The third kappa shape index (κ3) is 5.01. The molecule has 0 aliphatic heterocycles. The predicted molar refractivity (Wildman–Crippen MR) is 73.9 cm³/mol. The second-order valence-electron chi connectivity index (χ2n) is 5.08. The van der Waals surface area contributed by atoms with E-state index in [1.54, 1.807) is 0 Å². The number of rotatable bonds is 8. The minimum Gasteiger partial charge on any atom is -0.343 e. The second kappa shape index (κ2) is 7.92. The average molecular weight is 267 g/mol. The first kappa shape index (κ1) is 15.7. The van der Waals surface area contributed by atoms with E-state index in [1.807, 2.05) is 18.7 Å². The summed E-state index contributed by atoms with van der Waals surface area (Å²) in [5.74, 6) is 1.70. The molecule has 1 rings (SSSR count). The van der Waals surface area contributed by atoms with E-state index in [0.717, 1.165) is 25.9 Å². The molecular weight excluding hydrogens is 242 g/mol. The Balaban J connectivity index is 2.47. The molecule has 1 aromatic rings. The SMILES string of the molecule is CCCN(CCC)C(=O)CCc1nc(C(C)C)no1. The average Bonchev–Trinajstić information content (AvgIpc) is 2.84. The van der Waals surface area contributed by atoms with Gasteiger partial charge in [-0.05, 0) is 12.8 Å². The largest absolute Gasteiger partial charge is 0.343 e. The van der Waals surface area contributed by atoms with Gasteiger partial charge in [0.1, 0.15) is 0 Å². The van der Waals surface area contributed by atoms with Gasteiger partial charge in [-0.15, -0.1) is 0 Å². The Hall–Kier alpha value is -1.39. The van der Waals surface area contributed by atoms with Crippen LogP contribution in [-0.4, -0.2) is 34.0 Å². The van der Waals surface area contributed by atoms with Crippen molar-refractivity contribution < 1.29 is 9.32 Å². The Morgan fingerprint density at radius 2 is 1.89 bits per heavy atom. The molecule has 108 valence electrons. The fraction of sp³-hybridized carbons (Fsp3) is 0.786. The van der Waals surface area contributed by atoms with Crippen molar-refractivity contribution in [2.24, 2.45) is 0 Å². The van der Waals surface area contributed by atoms with Gasteiger partial charge in [0.25, 0.3) is 0 Å². The highest BCUT2D eigenvalue weighted by Gasteiger charge is 2.15. The molecule has 1 heterocycles. The summed E-state index contributed by atoms with van der Waals surface area (Å²) in [6, 6.07) is 0. The number of carbonyl (C=O) groups excluding carboxylic acids is 1. The van der Waals surface area contributed by atoms with E-state index in [4.69, 9.17) is 4.52 Å². The Labute approximate surface area is 115 Å². The zero-order chi connectivity index (χ0) is 14.3. The molecule has 0 aliphatic rings. The summed E-state index contributed by atoms with van der Waals surface area (Å²) in [7, 11) is 0. The first-order valence-corrected chi connectivity index (χ1v) is 7.18. The number of hydrogen-bond donors (Lipinski definition) is 0. The van der Waals surface area contributed by atoms with E-state index < -0.39 is 0 Å². The van der Waals surface area contributed by atoms with Crippen LogP contribution >= 0.6 is 0 Å². The maximum atomic E-state index is 12.1. The zero-order valence-corrected chi connectivity index (χ0v) is 12.5. The molecule has 5 heteroatoms. The molecule has 1 aromatic heterocycles. The van der Waals surface area contributed by atoms with Gasteiger partial charge >= 0.3 is 0 Å². The molecule has 19 heavy (non-hydrogen) atoms. The fourth-order valence-electron chi connectivity index (χ4n) is 1.88. The minimum atomic E-state index is 0.174. The van der Waals surface area contributed by atoms with Crippen LogP contribution in [0.15, 0.2) is 4.52 Å². The van der Waals surface area contributed by atoms with Crippen molar-refractivity contribution in [3.63, 3.8) is 0 Å². The Morgan fingerprint density at radius 1 is 1.26 bits per heavy atom. The second-order valence-corrected chi connectivity index (χ2v) is 5.08. The van der Waals surface area contributed by atoms with E-state index >= 15 is 0 Å². The quantitative estimate of drug-likeness (QED) is 0.726. The summed E-state index contributed by atoms with van der Waals surface area (Å²) >= 11 is 0. The third-order valence-corrected chi connectivity index (χ3v) is 2.89. The van der Waals surface area contributed by atoms with Crippen molar-refractivity contribution in [2.45, 2.75) is 59.3 Å². The predicted octanol–water partition coefficient (Wildman–Crippen LogP) is 2.77. The molecule has 0 saturated heterocycles. The van der Waals surface area contributed by atoms with Crippen LogP contribution in [0.1, 0.15) is 64.6 Å². The Kier molecular flexibility index (Phi) is 6.53. The van der Waals surface area contributed by atoms with Crippen LogP contribution in [0.3, 0.4) is 0 Å². The molecule has 0 radical (unpaired) electrons. The smallest absolute Gasteiger partial charge is 0.227 e. The van der Waals surface area contributed by atoms with Crippen molar-refractivity contribution in [1.82, 2.24) is 15.0 Å². The molecule has 0 N–H and O–H groups in total. The van der Waals surface area contributed by atoms with Crippen LogP contribution in [0, 0.1) is 0 Å². The van der Waals surface area contributed by atoms with Gasteiger partial charge in [0.05, 0.1) is 0 Å². The van der Waals surface area contributed by atoms with E-state index in [9.17, 15) is 4.79 Å². The van der Waals surface area contributed by atoms with Crippen LogP contribution in [0.2, 0.25) is 0 Å². The summed E-state index contributed by atoms with van der Waals surface area (Å²) in [4.78, 5) is 18.3. The molecule has 0 aromatic carbocycles. The molecule has 0 atom stereocenters. The maximum absolute atomic E-state index is 12.1. The van der Waals surface area contributed by atoms with Gasteiger partial charge in [-0.3, -0.25) is 4.79 Å². The molecule has 0 unspecified atom stereocenters. The minimum absolute atomic E-state index is 0.174. The lowest BCUT2D eigenvalue weighted by atomic mass is 10.2. The van der Waals surface area contributed by atoms with E-state index in [1.165, 1.54) is 0 Å². The van der Waals surface area contributed by atoms with Crippen LogP contribution in [0.4, 0.5) is 0 Å². The first-order valence-electron chi connectivity index (χ1n) is 7.18. The van der Waals surface area contributed by atoms with Gasteiger partial charge in [0, 0.05) is 31.8 Å². The van der Waals surface area contributed by atoms with Gasteiger partial charge in [-0.25, -0.2) is 0 Å². The fourth-order valence-corrected chi connectivity index (χ4v) is 1.88. The molecule has 0 fully saturated rings. The summed E-state index contributed by atoms with van der Waals surface area (Å²) < 4.78 is 5.14. The van der Waals surface area contributed by atoms with Crippen LogP contribution < -0.4 is 0 Å². The summed E-state index contributed by atoms with van der Waals surface area (Å²) in [6.45, 7) is 9.86. The lowest BCUT2D eigenvalue weighted by Gasteiger charge is -2.20. The Morgan fingerprint density at radius 3 is 2.37 bits per heavy atom. The lowest BCUT2D eigenvalue weighted by Crippen LogP contribution is -2.32. The monoisotopic (exact) mass is 267 g/mol. The van der Waals surface area contributed by atoms with Gasteiger partial charge in [0.15, 0.2) is 5.82 Å². The van der Waals surface area contributed by atoms with Crippen molar-refractivity contribution in [3.8, 4) is 0 Å². The highest BCUT2D eigenvalue weighted by atomic mass is 16.5. The molecule has 0 aliphatic carbocycles. The summed E-state index contributed by atoms with van der Waals surface area (Å²) in [5.41, 5.74) is 0. The lowest BCUT2D eigenvalue weighted by molar-refractivity contribution is -0.131. The number of amides is 1. The van der Waals surface area contributed by atoms with Crippen LogP contribution in [0.25, 0.3) is 0 Å². The van der Waals surface area contributed by atoms with E-state index in [-0.39, 0.29) is 11.8 Å². The molecular formula is C14H25N3O2. The number of aromatic nitrogens is 2. The van der Waals surface area contributed by atoms with E-state index in [0.29, 0.717) is 24.6 Å². The number of aryl methyl sites for hydroxylation is 1. The maximum Gasteiger partial charge on any atom is 0.227 e. The van der Waals surface area contributed by atoms with Crippen LogP contribution in [0.5, 0.6) is 0 Å². The number of hydrogen-bond acceptors (Lipinski definition) is 4. The molecule has 5 nitrogen and oxygen atoms in total. The Bertz CT molecular complexity index is 382. The number of nitrogens with zero attached hydrogens (tertiary/aromatic N) is 3. The van der Waals surface area contributed by atoms with Gasteiger partial charge in [0.2, 0.25) is 11.8 Å². The standard InChI is InChI=1S/C14H25N3O2/c1-5-9-17(10-6-2)13(18)8-7-12-15-14(11(3)4)16-19-12/h11H,5-10H2,1-4H3. The topological polar surface area (TPSA) is 59.2 Å². The summed E-state index contributed by atoms with van der Waals surface area (Å²) in [5, 5.41) is 3.90. The molecule has 1 amide bonds. The van der Waals surface area contributed by atoms with Crippen molar-refractivity contribution in [1.29, 1.82) is 0 Å².